The lowest BCUT2D eigenvalue weighted by Crippen LogP contribution is -2.46. The standard InChI is InChI=1S/C30H32N8O2/c1-3-28(40)33-26-17-22(37-13-11-36(4-2)12-14-37)9-10-25(26)34-30-32-19-21(18-31)29(35-30)24-20-38(15-16-39)27-8-6-5-7-23(24)27/h3,5-10,17,19-20,39H,1,4,11-16H2,2H3,(H,33,40)(H,32,34,35). The summed E-state index contributed by atoms with van der Waals surface area (Å²) in [5.74, 6) is -0.0412. The molecular weight excluding hydrogens is 504 g/mol. The molecule has 0 bridgehead atoms. The van der Waals surface area contributed by atoms with Gasteiger partial charge in [-0.1, -0.05) is 31.7 Å². The Morgan fingerprint density at radius 2 is 1.98 bits per heavy atom. The topological polar surface area (TPSA) is 122 Å². The maximum Gasteiger partial charge on any atom is 0.247 e. The molecule has 3 N–H and O–H groups in total. The van der Waals surface area contributed by atoms with Crippen molar-refractivity contribution in [1.82, 2.24) is 19.4 Å². The Bertz CT molecular complexity index is 1580. The molecule has 0 radical (unpaired) electrons. The zero-order valence-corrected chi connectivity index (χ0v) is 22.5. The summed E-state index contributed by atoms with van der Waals surface area (Å²) >= 11 is 0. The van der Waals surface area contributed by atoms with Crippen LogP contribution in [0, 0.1) is 11.3 Å². The number of para-hydroxylation sites is 1. The summed E-state index contributed by atoms with van der Waals surface area (Å²) in [5, 5.41) is 26.4. The van der Waals surface area contributed by atoms with Gasteiger partial charge in [-0.2, -0.15) is 5.26 Å². The summed E-state index contributed by atoms with van der Waals surface area (Å²) in [6.45, 7) is 11.0. The van der Waals surface area contributed by atoms with E-state index < -0.39 is 0 Å². The number of aliphatic hydroxyl groups is 1. The number of hydrogen-bond acceptors (Lipinski definition) is 8. The van der Waals surface area contributed by atoms with Gasteiger partial charge in [0.15, 0.2) is 0 Å². The van der Waals surface area contributed by atoms with Gasteiger partial charge in [-0.25, -0.2) is 9.97 Å². The molecule has 1 saturated heterocycles. The van der Waals surface area contributed by atoms with Crippen LogP contribution in [-0.2, 0) is 11.3 Å². The number of nitriles is 1. The van der Waals surface area contributed by atoms with Crippen LogP contribution in [0.15, 0.2) is 67.5 Å². The Hall–Kier alpha value is -4.72. The lowest BCUT2D eigenvalue weighted by molar-refractivity contribution is -0.111. The molecule has 4 aromatic rings. The van der Waals surface area contributed by atoms with Crippen molar-refractivity contribution in [2.45, 2.75) is 13.5 Å². The Balaban J connectivity index is 1.50. The third-order valence-electron chi connectivity index (χ3n) is 7.17. The van der Waals surface area contributed by atoms with Gasteiger partial charge >= 0.3 is 0 Å². The minimum atomic E-state index is -0.325. The Labute approximate surface area is 233 Å². The van der Waals surface area contributed by atoms with Crippen molar-refractivity contribution in [3.63, 3.8) is 0 Å². The van der Waals surface area contributed by atoms with E-state index in [1.54, 1.807) is 0 Å². The average Bonchev–Trinajstić information content (AvgIpc) is 3.36. The van der Waals surface area contributed by atoms with E-state index in [4.69, 9.17) is 4.98 Å². The van der Waals surface area contributed by atoms with Gasteiger partial charge < -0.3 is 30.1 Å². The number of hydrogen-bond donors (Lipinski definition) is 3. The molecule has 2 aromatic heterocycles. The second-order valence-corrected chi connectivity index (χ2v) is 9.51. The maximum atomic E-state index is 12.3. The van der Waals surface area contributed by atoms with Crippen LogP contribution in [0.2, 0.25) is 0 Å². The predicted octanol–water partition coefficient (Wildman–Crippen LogP) is 3.97. The van der Waals surface area contributed by atoms with E-state index in [0.717, 1.165) is 54.9 Å². The van der Waals surface area contributed by atoms with Crippen LogP contribution in [0.4, 0.5) is 23.0 Å². The van der Waals surface area contributed by atoms with Crippen LogP contribution in [0.5, 0.6) is 0 Å². The lowest BCUT2D eigenvalue weighted by Gasteiger charge is -2.35. The van der Waals surface area contributed by atoms with Crippen LogP contribution >= 0.6 is 0 Å². The fraction of sp³-hybridized carbons (Fsp3) is 0.267. The Morgan fingerprint density at radius 1 is 1.18 bits per heavy atom. The lowest BCUT2D eigenvalue weighted by atomic mass is 10.1. The van der Waals surface area contributed by atoms with E-state index >= 15 is 0 Å². The first-order chi connectivity index (χ1) is 19.5. The predicted molar refractivity (Wildman–Crippen MR) is 158 cm³/mol. The first kappa shape index (κ1) is 26.9. The monoisotopic (exact) mass is 536 g/mol. The number of fused-ring (bicyclic) bond motifs is 1. The van der Waals surface area contributed by atoms with Crippen LogP contribution in [0.1, 0.15) is 12.5 Å². The number of benzene rings is 2. The molecule has 0 unspecified atom stereocenters. The molecule has 10 nitrogen and oxygen atoms in total. The van der Waals surface area contributed by atoms with E-state index in [1.807, 2.05) is 53.2 Å². The molecule has 1 amide bonds. The summed E-state index contributed by atoms with van der Waals surface area (Å²) in [6.07, 6.45) is 4.62. The van der Waals surface area contributed by atoms with Gasteiger partial charge in [0.25, 0.3) is 0 Å². The van der Waals surface area contributed by atoms with Gasteiger partial charge in [0, 0.05) is 61.1 Å². The molecule has 0 spiro atoms. The molecule has 3 heterocycles. The molecule has 0 saturated carbocycles. The first-order valence-corrected chi connectivity index (χ1v) is 13.3. The van der Waals surface area contributed by atoms with Crippen molar-refractivity contribution in [1.29, 1.82) is 5.26 Å². The zero-order valence-electron chi connectivity index (χ0n) is 22.5. The largest absolute Gasteiger partial charge is 0.395 e. The number of nitrogens with one attached hydrogen (secondary N) is 2. The normalized spacial score (nSPS) is 13.7. The number of rotatable bonds is 9. The third-order valence-corrected chi connectivity index (χ3v) is 7.17. The molecule has 204 valence electrons. The number of likely N-dealkylation sites (N-methyl/N-ethyl adjacent to an activating group) is 1. The van der Waals surface area contributed by atoms with E-state index in [2.05, 4.69) is 45.0 Å². The van der Waals surface area contributed by atoms with Crippen LogP contribution in [0.25, 0.3) is 22.2 Å². The Kier molecular flexibility index (Phi) is 8.05. The highest BCUT2D eigenvalue weighted by Gasteiger charge is 2.19. The molecule has 10 heteroatoms. The summed E-state index contributed by atoms with van der Waals surface area (Å²) in [4.78, 5) is 26.1. The molecule has 1 fully saturated rings. The van der Waals surface area contributed by atoms with E-state index in [1.165, 1.54) is 12.3 Å². The van der Waals surface area contributed by atoms with E-state index in [-0.39, 0.29) is 18.5 Å². The molecule has 40 heavy (non-hydrogen) atoms. The first-order valence-electron chi connectivity index (χ1n) is 13.3. The Morgan fingerprint density at radius 3 is 2.70 bits per heavy atom. The van der Waals surface area contributed by atoms with Crippen LogP contribution < -0.4 is 15.5 Å². The average molecular weight is 537 g/mol. The van der Waals surface area contributed by atoms with Gasteiger partial charge in [-0.3, -0.25) is 4.79 Å². The van der Waals surface area contributed by atoms with Gasteiger partial charge in [-0.05, 0) is 36.9 Å². The molecule has 5 rings (SSSR count). The summed E-state index contributed by atoms with van der Waals surface area (Å²) < 4.78 is 1.95. The zero-order chi connectivity index (χ0) is 28.1. The van der Waals surface area contributed by atoms with Crippen LogP contribution in [-0.4, -0.2) is 69.8 Å². The second kappa shape index (κ2) is 12.0. The SMILES string of the molecule is C=CC(=O)Nc1cc(N2CCN(CC)CC2)ccc1Nc1ncc(C#N)c(-c2cn(CCO)c3ccccc23)n1. The molecule has 1 aliphatic heterocycles. The van der Waals surface area contributed by atoms with E-state index in [0.29, 0.717) is 29.2 Å². The number of piperazine rings is 1. The fourth-order valence-electron chi connectivity index (χ4n) is 5.03. The highest BCUT2D eigenvalue weighted by atomic mass is 16.3. The van der Waals surface area contributed by atoms with Crippen molar-refractivity contribution in [3.05, 3.63) is 73.1 Å². The number of anilines is 4. The van der Waals surface area contributed by atoms with Crippen molar-refractivity contribution in [2.75, 3.05) is 54.9 Å². The van der Waals surface area contributed by atoms with Crippen molar-refractivity contribution >= 4 is 39.8 Å². The third kappa shape index (κ3) is 5.52. The molecule has 0 atom stereocenters. The smallest absolute Gasteiger partial charge is 0.247 e. The number of aliphatic hydroxyl groups excluding tert-OH is 1. The van der Waals surface area contributed by atoms with Gasteiger partial charge in [0.2, 0.25) is 11.9 Å². The number of carbonyl (C=O) groups is 1. The fourth-order valence-corrected chi connectivity index (χ4v) is 5.03. The highest BCUT2D eigenvalue weighted by Crippen LogP contribution is 2.34. The number of aromatic nitrogens is 3. The van der Waals surface area contributed by atoms with Crippen molar-refractivity contribution in [2.24, 2.45) is 0 Å². The van der Waals surface area contributed by atoms with Crippen LogP contribution in [0.3, 0.4) is 0 Å². The number of nitrogens with zero attached hydrogens (tertiary/aromatic N) is 6. The summed E-state index contributed by atoms with van der Waals surface area (Å²) in [7, 11) is 0. The highest BCUT2D eigenvalue weighted by molar-refractivity contribution is 6.02. The minimum absolute atomic E-state index is 0.0106. The summed E-state index contributed by atoms with van der Waals surface area (Å²) in [6, 6.07) is 15.9. The van der Waals surface area contributed by atoms with E-state index in [9.17, 15) is 15.2 Å². The quantitative estimate of drug-likeness (QED) is 0.275. The van der Waals surface area contributed by atoms with Gasteiger partial charge in [0.05, 0.1) is 35.4 Å². The summed E-state index contributed by atoms with van der Waals surface area (Å²) in [5.41, 5.74) is 4.73. The van der Waals surface area contributed by atoms with Crippen molar-refractivity contribution in [3.8, 4) is 17.3 Å². The number of amides is 1. The second-order valence-electron chi connectivity index (χ2n) is 9.51. The van der Waals surface area contributed by atoms with Gasteiger partial charge in [0.1, 0.15) is 6.07 Å². The molecular formula is C30H32N8O2. The minimum Gasteiger partial charge on any atom is -0.395 e. The maximum absolute atomic E-state index is 12.3. The molecule has 0 aliphatic carbocycles. The van der Waals surface area contributed by atoms with Crippen molar-refractivity contribution < 1.29 is 9.90 Å². The number of carbonyl (C=O) groups excluding carboxylic acids is 1. The molecule has 2 aromatic carbocycles. The molecule has 1 aliphatic rings. The van der Waals surface area contributed by atoms with Gasteiger partial charge in [-0.15, -0.1) is 0 Å².